The summed E-state index contributed by atoms with van der Waals surface area (Å²) in [6.45, 7) is 2.73. The molecule has 6 heterocycles. The van der Waals surface area contributed by atoms with Gasteiger partial charge in [0, 0.05) is 57.3 Å². The van der Waals surface area contributed by atoms with Crippen LogP contribution < -0.4 is 15.4 Å². The van der Waals surface area contributed by atoms with Crippen molar-refractivity contribution in [1.82, 2.24) is 29.5 Å². The number of nitrogen functional groups attached to an aromatic ring is 1. The number of nitrogens with zero attached hydrogens (tertiary/aromatic N) is 7. The Morgan fingerprint density at radius 1 is 1.16 bits per heavy atom. The fourth-order valence-electron chi connectivity index (χ4n) is 7.01. The molecule has 4 aliphatic rings. The lowest BCUT2D eigenvalue weighted by atomic mass is 9.93. The molecule has 1 aromatic carbocycles. The first-order valence-electron chi connectivity index (χ1n) is 16.2. The first-order valence-corrected chi connectivity index (χ1v) is 16.6. The molecule has 2 saturated heterocycles. The largest absolute Gasteiger partial charge is 0.467 e. The Balaban J connectivity index is 0.000000412. The van der Waals surface area contributed by atoms with Gasteiger partial charge in [0.15, 0.2) is 11.5 Å². The van der Waals surface area contributed by atoms with Crippen molar-refractivity contribution in [3.8, 4) is 6.01 Å². The number of rotatable bonds is 4. The first-order chi connectivity index (χ1) is 23.7. The minimum absolute atomic E-state index is 0.0677. The van der Waals surface area contributed by atoms with Crippen LogP contribution in [0.4, 0.5) is 37.8 Å². The summed E-state index contributed by atoms with van der Waals surface area (Å²) in [5, 5.41) is 4.59. The zero-order chi connectivity index (χ0) is 36.1. The van der Waals surface area contributed by atoms with Crippen LogP contribution in [-0.4, -0.2) is 88.5 Å². The minimum Gasteiger partial charge on any atom is -0.467 e. The number of aryl methyl sites for hydroxylation is 1. The number of nitrogens with two attached hydrogens (primary N) is 1. The molecule has 3 aromatic rings. The number of hydrogen-bond donors (Lipinski definition) is 1. The van der Waals surface area contributed by atoms with E-state index < -0.39 is 46.9 Å². The molecule has 7 rings (SSSR count). The van der Waals surface area contributed by atoms with E-state index in [4.69, 9.17) is 26.8 Å². The van der Waals surface area contributed by atoms with Crippen LogP contribution in [0.25, 0.3) is 0 Å². The van der Waals surface area contributed by atoms with Gasteiger partial charge < -0.3 is 25.0 Å². The fraction of sp³-hybridized carbons (Fsp3) is 0.562. The van der Waals surface area contributed by atoms with E-state index >= 15 is 4.39 Å². The molecule has 50 heavy (non-hydrogen) atoms. The molecule has 4 aliphatic heterocycles. The molecule has 2 aromatic heterocycles. The molecule has 0 spiro atoms. The molecule has 2 fully saturated rings. The maximum absolute atomic E-state index is 15.0. The van der Waals surface area contributed by atoms with Gasteiger partial charge in [-0.2, -0.15) is 28.2 Å². The van der Waals surface area contributed by atoms with Crippen molar-refractivity contribution in [3.63, 3.8) is 0 Å². The van der Waals surface area contributed by atoms with Crippen LogP contribution in [0.3, 0.4) is 0 Å². The van der Waals surface area contributed by atoms with E-state index in [2.05, 4.69) is 20.0 Å². The van der Waals surface area contributed by atoms with Gasteiger partial charge in [0.25, 0.3) is 5.91 Å². The maximum Gasteiger partial charge on any atom is 0.416 e. The summed E-state index contributed by atoms with van der Waals surface area (Å²) in [6.07, 6.45) is -3.41. The predicted octanol–water partition coefficient (Wildman–Crippen LogP) is 5.33. The Labute approximate surface area is 289 Å². The summed E-state index contributed by atoms with van der Waals surface area (Å²) in [4.78, 5) is 26.9. The minimum atomic E-state index is -5.07. The van der Waals surface area contributed by atoms with Gasteiger partial charge in [-0.25, -0.2) is 13.2 Å². The number of methoxy groups -OCH3 is 1. The highest BCUT2D eigenvalue weighted by Crippen LogP contribution is 2.44. The molecule has 3 unspecified atom stereocenters. The van der Waals surface area contributed by atoms with E-state index in [9.17, 15) is 26.7 Å². The molecule has 1 amide bonds. The quantitative estimate of drug-likeness (QED) is 0.281. The van der Waals surface area contributed by atoms with Crippen molar-refractivity contribution >= 4 is 29.0 Å². The molecular formula is C32H37ClF6N8O3. The van der Waals surface area contributed by atoms with Crippen LogP contribution in [0.5, 0.6) is 6.01 Å². The third kappa shape index (κ3) is 6.91. The highest BCUT2D eigenvalue weighted by Gasteiger charge is 2.41. The lowest BCUT2D eigenvalue weighted by Gasteiger charge is -2.31. The summed E-state index contributed by atoms with van der Waals surface area (Å²) < 4.78 is 95.6. The maximum atomic E-state index is 15.0. The van der Waals surface area contributed by atoms with Gasteiger partial charge in [0.05, 0.1) is 48.3 Å². The van der Waals surface area contributed by atoms with Crippen LogP contribution in [-0.2, 0) is 37.0 Å². The van der Waals surface area contributed by atoms with Gasteiger partial charge in [0.1, 0.15) is 23.5 Å². The highest BCUT2D eigenvalue weighted by atomic mass is 35.5. The van der Waals surface area contributed by atoms with E-state index in [-0.39, 0.29) is 54.0 Å². The summed E-state index contributed by atoms with van der Waals surface area (Å²) in [6, 6.07) is 0.708. The van der Waals surface area contributed by atoms with Crippen molar-refractivity contribution in [2.45, 2.75) is 76.3 Å². The summed E-state index contributed by atoms with van der Waals surface area (Å²) in [5.41, 5.74) is 3.37. The molecule has 272 valence electrons. The van der Waals surface area contributed by atoms with E-state index in [0.29, 0.717) is 49.2 Å². The monoisotopic (exact) mass is 730 g/mol. The van der Waals surface area contributed by atoms with Gasteiger partial charge in [-0.1, -0.05) is 11.6 Å². The SMILES string of the molecule is COc1nc2c(c(N3CCCn4nc(C(=O)N(C)C)c(Cl)c4C3)n1)COC(c1c(C(F)(F)F)cc(F)c(N)c1F)C2.FC1CC2CCCN2C1. The number of anilines is 2. The standard InChI is InChI=1S/C25H25ClF5N7O3.C7H12FN/c1-36(2)23(39)21-18(26)15-9-37(5-4-6-38(15)35-21)22-11-10-41-16(8-14(11)33-24(34-22)40-3)17-12(25(29,30)31)7-13(27)20(32)19(17)28;8-6-4-7-2-1-3-9(7)5-6/h7,16H,4-6,8-10,32H2,1-3H3;6-7H,1-5H2. The number of halogens is 7. The van der Waals surface area contributed by atoms with Crippen molar-refractivity contribution < 1.29 is 40.6 Å². The number of fused-ring (bicyclic) bond motifs is 3. The number of ether oxygens (including phenoxy) is 2. The normalized spacial score (nSPS) is 21.9. The van der Waals surface area contributed by atoms with E-state index in [1.807, 2.05) is 4.90 Å². The summed E-state index contributed by atoms with van der Waals surface area (Å²) in [7, 11) is 4.51. The second-order valence-corrected chi connectivity index (χ2v) is 13.3. The van der Waals surface area contributed by atoms with Gasteiger partial charge >= 0.3 is 12.2 Å². The fourth-order valence-corrected chi connectivity index (χ4v) is 7.28. The smallest absolute Gasteiger partial charge is 0.416 e. The molecule has 18 heteroatoms. The van der Waals surface area contributed by atoms with E-state index in [0.717, 1.165) is 13.0 Å². The molecule has 0 radical (unpaired) electrons. The third-order valence-corrected chi connectivity index (χ3v) is 9.86. The van der Waals surface area contributed by atoms with Crippen molar-refractivity contribution in [3.05, 3.63) is 56.5 Å². The van der Waals surface area contributed by atoms with Crippen LogP contribution >= 0.6 is 11.6 Å². The van der Waals surface area contributed by atoms with Crippen LogP contribution in [0.1, 0.15) is 70.4 Å². The summed E-state index contributed by atoms with van der Waals surface area (Å²) >= 11 is 6.58. The van der Waals surface area contributed by atoms with E-state index in [1.165, 1.54) is 24.9 Å². The number of benzene rings is 1. The molecule has 0 saturated carbocycles. The van der Waals surface area contributed by atoms with Crippen molar-refractivity contribution in [2.75, 3.05) is 51.5 Å². The van der Waals surface area contributed by atoms with Crippen LogP contribution in [0.2, 0.25) is 5.02 Å². The zero-order valence-corrected chi connectivity index (χ0v) is 28.4. The lowest BCUT2D eigenvalue weighted by molar-refractivity contribution is -0.140. The topological polar surface area (TPSA) is 115 Å². The van der Waals surface area contributed by atoms with Gasteiger partial charge in [-0.15, -0.1) is 0 Å². The Morgan fingerprint density at radius 2 is 1.92 bits per heavy atom. The first kappa shape index (κ1) is 36.0. The number of aromatic nitrogens is 4. The van der Waals surface area contributed by atoms with Gasteiger partial charge in [-0.05, 0) is 38.3 Å². The molecule has 0 bridgehead atoms. The third-order valence-electron chi connectivity index (χ3n) is 9.46. The van der Waals surface area contributed by atoms with Crippen molar-refractivity contribution in [2.24, 2.45) is 0 Å². The van der Waals surface area contributed by atoms with E-state index in [1.54, 1.807) is 18.8 Å². The molecule has 3 atom stereocenters. The molecule has 2 N–H and O–H groups in total. The second kappa shape index (κ2) is 14.1. The molecule has 11 nitrogen and oxygen atoms in total. The Bertz CT molecular complexity index is 1760. The van der Waals surface area contributed by atoms with Crippen LogP contribution in [0, 0.1) is 11.6 Å². The van der Waals surface area contributed by atoms with Crippen molar-refractivity contribution in [1.29, 1.82) is 0 Å². The number of alkyl halides is 4. The average Bonchev–Trinajstić information content (AvgIpc) is 3.69. The number of carbonyl (C=O) groups excluding carboxylic acids is 1. The predicted molar refractivity (Wildman–Crippen MR) is 171 cm³/mol. The zero-order valence-electron chi connectivity index (χ0n) is 27.7. The second-order valence-electron chi connectivity index (χ2n) is 12.9. The lowest BCUT2D eigenvalue weighted by Crippen LogP contribution is -2.29. The Morgan fingerprint density at radius 3 is 2.60 bits per heavy atom. The number of amides is 1. The van der Waals surface area contributed by atoms with Crippen LogP contribution in [0.15, 0.2) is 6.07 Å². The van der Waals surface area contributed by atoms with Gasteiger partial charge in [0.2, 0.25) is 0 Å². The van der Waals surface area contributed by atoms with Gasteiger partial charge in [-0.3, -0.25) is 14.4 Å². The highest BCUT2D eigenvalue weighted by molar-refractivity contribution is 6.34. The Hall–Kier alpha value is -3.83. The molecule has 0 aliphatic carbocycles. The number of carbonyl (C=O) groups is 1. The number of hydrogen-bond acceptors (Lipinski definition) is 9. The molecular weight excluding hydrogens is 694 g/mol. The summed E-state index contributed by atoms with van der Waals surface area (Å²) in [5.74, 6) is -3.03. The average molecular weight is 731 g/mol. The Kier molecular flexibility index (Phi) is 10.1.